The van der Waals surface area contributed by atoms with Crippen LogP contribution in [0.3, 0.4) is 0 Å². The number of benzene rings is 4. The zero-order chi connectivity index (χ0) is 28.8. The number of nitriles is 1. The van der Waals surface area contributed by atoms with Gasteiger partial charge in [-0.25, -0.2) is 4.79 Å². The largest absolute Gasteiger partial charge is 0.489 e. The van der Waals surface area contributed by atoms with Gasteiger partial charge in [-0.05, 0) is 82.2 Å². The highest BCUT2D eigenvalue weighted by Gasteiger charge is 2.24. The highest BCUT2D eigenvalue weighted by molar-refractivity contribution is 7.20. The molecule has 0 saturated heterocycles. The molecule has 0 aliphatic carbocycles. The van der Waals surface area contributed by atoms with Crippen LogP contribution >= 0.6 is 22.9 Å². The van der Waals surface area contributed by atoms with Crippen LogP contribution in [0.1, 0.15) is 26.4 Å². The molecule has 204 valence electrons. The third-order valence-corrected chi connectivity index (χ3v) is 7.93. The second-order valence-corrected chi connectivity index (χ2v) is 10.9. The van der Waals surface area contributed by atoms with Gasteiger partial charge in [0.15, 0.2) is 0 Å². The van der Waals surface area contributed by atoms with Crippen LogP contribution in [0.5, 0.6) is 5.75 Å². The maximum absolute atomic E-state index is 13.2. The molecular weight excluding hydrogens is 556 g/mol. The molecule has 0 unspecified atom stereocenters. The van der Waals surface area contributed by atoms with Crippen LogP contribution in [0, 0.1) is 11.3 Å². The van der Waals surface area contributed by atoms with E-state index in [9.17, 15) is 9.59 Å². The van der Waals surface area contributed by atoms with E-state index in [1.165, 1.54) is 18.4 Å². The first kappa shape index (κ1) is 27.9. The fourth-order valence-electron chi connectivity index (χ4n) is 4.34. The summed E-state index contributed by atoms with van der Waals surface area (Å²) in [7, 11) is 1.30. The molecule has 0 aliphatic heterocycles. The molecular formula is C33H25ClN2O4S. The first-order valence-corrected chi connectivity index (χ1v) is 14.0. The number of nitrogens with zero attached hydrogens (tertiary/aromatic N) is 1. The Labute approximate surface area is 246 Å². The summed E-state index contributed by atoms with van der Waals surface area (Å²) >= 11 is 7.39. The van der Waals surface area contributed by atoms with Crippen LogP contribution in [-0.2, 0) is 22.6 Å². The van der Waals surface area contributed by atoms with Gasteiger partial charge in [0, 0.05) is 16.1 Å². The summed E-state index contributed by atoms with van der Waals surface area (Å²) in [6.07, 6.45) is 0.264. The average Bonchev–Trinajstić information content (AvgIpc) is 3.44. The molecule has 0 fully saturated rings. The van der Waals surface area contributed by atoms with Crippen molar-refractivity contribution in [3.63, 3.8) is 0 Å². The average molecular weight is 581 g/mol. The Morgan fingerprint density at radius 2 is 1.59 bits per heavy atom. The number of methoxy groups -OCH3 is 1. The Balaban J connectivity index is 1.24. The first-order chi connectivity index (χ1) is 19.9. The highest BCUT2D eigenvalue weighted by atomic mass is 35.5. The van der Waals surface area contributed by atoms with E-state index < -0.39 is 12.0 Å². The summed E-state index contributed by atoms with van der Waals surface area (Å²) in [5.74, 6) is -0.192. The minimum absolute atomic E-state index is 0.264. The fourth-order valence-corrected chi connectivity index (χ4v) is 5.41. The van der Waals surface area contributed by atoms with E-state index in [-0.39, 0.29) is 12.3 Å². The second-order valence-electron chi connectivity index (χ2n) is 9.36. The van der Waals surface area contributed by atoms with Gasteiger partial charge in [-0.1, -0.05) is 54.1 Å². The number of ether oxygens (including phenoxy) is 2. The minimum Gasteiger partial charge on any atom is -0.489 e. The molecule has 41 heavy (non-hydrogen) atoms. The van der Waals surface area contributed by atoms with E-state index in [0.717, 1.165) is 32.3 Å². The van der Waals surface area contributed by atoms with Crippen molar-refractivity contribution in [3.05, 3.63) is 124 Å². The zero-order valence-corrected chi connectivity index (χ0v) is 23.7. The zero-order valence-electron chi connectivity index (χ0n) is 22.1. The van der Waals surface area contributed by atoms with E-state index in [2.05, 4.69) is 11.4 Å². The van der Waals surface area contributed by atoms with E-state index in [1.54, 1.807) is 12.1 Å². The summed E-state index contributed by atoms with van der Waals surface area (Å²) in [6.45, 7) is 0.363. The molecule has 1 atom stereocenters. The molecule has 1 N–H and O–H groups in total. The van der Waals surface area contributed by atoms with Gasteiger partial charge in [-0.2, -0.15) is 5.26 Å². The van der Waals surface area contributed by atoms with Crippen LogP contribution < -0.4 is 10.1 Å². The smallest absolute Gasteiger partial charge is 0.328 e. The number of carbonyl (C=O) groups is 2. The van der Waals surface area contributed by atoms with Crippen molar-refractivity contribution >= 4 is 44.9 Å². The Morgan fingerprint density at radius 3 is 2.27 bits per heavy atom. The number of nitrogens with one attached hydrogen (secondary N) is 1. The van der Waals surface area contributed by atoms with Crippen LogP contribution in [0.2, 0.25) is 5.02 Å². The lowest BCUT2D eigenvalue weighted by Gasteiger charge is -2.16. The van der Waals surface area contributed by atoms with Gasteiger partial charge in [-0.15, -0.1) is 11.3 Å². The van der Waals surface area contributed by atoms with E-state index >= 15 is 0 Å². The molecule has 5 rings (SSSR count). The van der Waals surface area contributed by atoms with Crippen LogP contribution in [0.4, 0.5) is 0 Å². The Morgan fingerprint density at radius 1 is 0.902 bits per heavy atom. The lowest BCUT2D eigenvalue weighted by molar-refractivity contribution is -0.142. The molecule has 1 aromatic heterocycles. The Bertz CT molecular complexity index is 1720. The van der Waals surface area contributed by atoms with Crippen molar-refractivity contribution in [2.45, 2.75) is 19.1 Å². The monoisotopic (exact) mass is 580 g/mol. The van der Waals surface area contributed by atoms with Gasteiger partial charge < -0.3 is 14.8 Å². The molecule has 4 aromatic carbocycles. The number of fused-ring (bicyclic) bond motifs is 1. The number of amides is 1. The van der Waals surface area contributed by atoms with E-state index in [1.807, 2.05) is 84.9 Å². The predicted octanol–water partition coefficient (Wildman–Crippen LogP) is 7.19. The molecule has 8 heteroatoms. The predicted molar refractivity (Wildman–Crippen MR) is 161 cm³/mol. The van der Waals surface area contributed by atoms with Crippen molar-refractivity contribution < 1.29 is 19.1 Å². The van der Waals surface area contributed by atoms with Crippen molar-refractivity contribution in [1.82, 2.24) is 5.32 Å². The fraction of sp³-hybridized carbons (Fsp3) is 0.121. The van der Waals surface area contributed by atoms with E-state index in [0.29, 0.717) is 27.8 Å². The molecule has 1 heterocycles. The van der Waals surface area contributed by atoms with Crippen molar-refractivity contribution in [3.8, 4) is 22.9 Å². The third-order valence-electron chi connectivity index (χ3n) is 6.56. The Hall–Kier alpha value is -4.64. The summed E-state index contributed by atoms with van der Waals surface area (Å²) < 4.78 is 11.8. The van der Waals surface area contributed by atoms with Gasteiger partial charge in [0.25, 0.3) is 5.91 Å². The minimum atomic E-state index is -0.854. The number of esters is 1. The number of thiophene rings is 1. The van der Waals surface area contributed by atoms with Gasteiger partial charge in [0.05, 0.1) is 23.6 Å². The quantitative estimate of drug-likeness (QED) is 0.186. The maximum atomic E-state index is 13.2. The lowest BCUT2D eigenvalue weighted by atomic mass is 10.0. The lowest BCUT2D eigenvalue weighted by Crippen LogP contribution is -2.42. The molecule has 6 nitrogen and oxygen atoms in total. The normalized spacial score (nSPS) is 11.4. The summed E-state index contributed by atoms with van der Waals surface area (Å²) in [5, 5.41) is 13.4. The first-order valence-electron chi connectivity index (χ1n) is 12.8. The molecule has 0 radical (unpaired) electrons. The third kappa shape index (κ3) is 6.93. The van der Waals surface area contributed by atoms with Gasteiger partial charge >= 0.3 is 5.97 Å². The molecule has 0 aliphatic rings. The number of hydrogen-bond donors (Lipinski definition) is 1. The number of halogens is 1. The van der Waals surface area contributed by atoms with Crippen molar-refractivity contribution in [2.24, 2.45) is 0 Å². The highest BCUT2D eigenvalue weighted by Crippen LogP contribution is 2.31. The molecule has 1 amide bonds. The maximum Gasteiger partial charge on any atom is 0.328 e. The molecule has 0 saturated carbocycles. The van der Waals surface area contributed by atoms with Crippen LogP contribution in [0.25, 0.3) is 21.2 Å². The second kappa shape index (κ2) is 12.7. The SMILES string of the molecule is COC(=O)[C@H](Cc1ccc(OCc2ccc(C#N)cc2)cc1)NC(=O)c1cc2cc(-c3ccc(Cl)cc3)ccc2s1. The molecule has 0 spiro atoms. The van der Waals surface area contributed by atoms with Crippen molar-refractivity contribution in [2.75, 3.05) is 7.11 Å². The summed E-state index contributed by atoms with van der Waals surface area (Å²) in [4.78, 5) is 26.3. The number of hydrogen-bond acceptors (Lipinski definition) is 6. The van der Waals surface area contributed by atoms with Gasteiger partial charge in [0.1, 0.15) is 18.4 Å². The number of rotatable bonds is 9. The topological polar surface area (TPSA) is 88.4 Å². The van der Waals surface area contributed by atoms with Crippen LogP contribution in [0.15, 0.2) is 97.1 Å². The van der Waals surface area contributed by atoms with Gasteiger partial charge in [0.2, 0.25) is 0 Å². The van der Waals surface area contributed by atoms with E-state index in [4.69, 9.17) is 26.3 Å². The number of carbonyl (C=O) groups excluding carboxylic acids is 2. The summed E-state index contributed by atoms with van der Waals surface area (Å²) in [6, 6.07) is 31.3. The van der Waals surface area contributed by atoms with Crippen LogP contribution in [-0.4, -0.2) is 25.0 Å². The standard InChI is InChI=1S/C33H25ClN2O4S/c1-39-33(38)29(16-21-6-13-28(14-7-21)40-20-23-4-2-22(19-35)3-5-23)36-32(37)31-18-26-17-25(10-15-30(26)41-31)24-8-11-27(34)12-9-24/h2-15,17-18,29H,16,20H2,1H3,(H,36,37)/t29-/m0/s1. The Kier molecular flexibility index (Phi) is 8.64. The molecule has 0 bridgehead atoms. The molecule has 5 aromatic rings. The summed E-state index contributed by atoms with van der Waals surface area (Å²) in [5.41, 5.74) is 4.45. The van der Waals surface area contributed by atoms with Crippen molar-refractivity contribution in [1.29, 1.82) is 5.26 Å². The van der Waals surface area contributed by atoms with Gasteiger partial charge in [-0.3, -0.25) is 4.79 Å².